The molecule has 0 aliphatic carbocycles. The minimum atomic E-state index is 0.150. The Hall–Kier alpha value is -1.91. The standard InChI is InChI=1S/C19H25N3S/c1-14-10-15(2)12-17(11-14)20-19(23)21-18(13-22(3)4)16-8-6-5-7-9-16/h5-12,18H,13H2,1-4H3,(H2,20,21,23)/t18-/m0/s1. The van der Waals surface area contributed by atoms with Crippen LogP contribution in [0.25, 0.3) is 0 Å². The van der Waals surface area contributed by atoms with Crippen molar-refractivity contribution >= 4 is 23.0 Å². The lowest BCUT2D eigenvalue weighted by molar-refractivity contribution is 0.363. The zero-order chi connectivity index (χ0) is 16.8. The highest BCUT2D eigenvalue weighted by molar-refractivity contribution is 7.80. The molecular formula is C19H25N3S. The molecule has 2 aromatic carbocycles. The molecule has 2 aromatic rings. The highest BCUT2D eigenvalue weighted by Crippen LogP contribution is 2.16. The molecule has 23 heavy (non-hydrogen) atoms. The molecule has 0 aliphatic heterocycles. The zero-order valence-electron chi connectivity index (χ0n) is 14.3. The fourth-order valence-corrected chi connectivity index (χ4v) is 2.92. The molecule has 2 rings (SSSR count). The third-order valence-corrected chi connectivity index (χ3v) is 3.75. The fraction of sp³-hybridized carbons (Fsp3) is 0.316. The molecule has 2 N–H and O–H groups in total. The fourth-order valence-electron chi connectivity index (χ4n) is 2.66. The largest absolute Gasteiger partial charge is 0.354 e. The highest BCUT2D eigenvalue weighted by atomic mass is 32.1. The molecule has 0 unspecified atom stereocenters. The van der Waals surface area contributed by atoms with Gasteiger partial charge in [-0.05, 0) is 69.0 Å². The second kappa shape index (κ2) is 8.09. The van der Waals surface area contributed by atoms with Gasteiger partial charge in [-0.1, -0.05) is 36.4 Å². The number of likely N-dealkylation sites (N-methyl/N-ethyl adjacent to an activating group) is 1. The van der Waals surface area contributed by atoms with Crippen LogP contribution in [0.5, 0.6) is 0 Å². The van der Waals surface area contributed by atoms with Crippen molar-refractivity contribution in [2.45, 2.75) is 19.9 Å². The van der Waals surface area contributed by atoms with E-state index in [1.165, 1.54) is 16.7 Å². The van der Waals surface area contributed by atoms with Crippen LogP contribution in [0, 0.1) is 13.8 Å². The maximum atomic E-state index is 5.51. The summed E-state index contributed by atoms with van der Waals surface area (Å²) in [6.07, 6.45) is 0. The van der Waals surface area contributed by atoms with Crippen LogP contribution in [0.15, 0.2) is 48.5 Å². The lowest BCUT2D eigenvalue weighted by atomic mass is 10.1. The Kier molecular flexibility index (Phi) is 6.13. The van der Waals surface area contributed by atoms with E-state index < -0.39 is 0 Å². The summed E-state index contributed by atoms with van der Waals surface area (Å²) >= 11 is 5.51. The Morgan fingerprint density at radius 3 is 2.22 bits per heavy atom. The van der Waals surface area contributed by atoms with E-state index in [0.717, 1.165) is 12.2 Å². The Morgan fingerprint density at radius 1 is 1.04 bits per heavy atom. The third kappa shape index (κ3) is 5.66. The van der Waals surface area contributed by atoms with E-state index in [0.29, 0.717) is 5.11 Å². The number of hydrogen-bond donors (Lipinski definition) is 2. The van der Waals surface area contributed by atoms with Gasteiger partial charge in [0.2, 0.25) is 0 Å². The number of hydrogen-bond acceptors (Lipinski definition) is 2. The Morgan fingerprint density at radius 2 is 1.65 bits per heavy atom. The van der Waals surface area contributed by atoms with Gasteiger partial charge in [-0.25, -0.2) is 0 Å². The molecule has 0 spiro atoms. The molecule has 1 atom stereocenters. The minimum Gasteiger partial charge on any atom is -0.354 e. The highest BCUT2D eigenvalue weighted by Gasteiger charge is 2.13. The van der Waals surface area contributed by atoms with Gasteiger partial charge >= 0.3 is 0 Å². The molecule has 3 nitrogen and oxygen atoms in total. The summed E-state index contributed by atoms with van der Waals surface area (Å²) in [5.41, 5.74) is 4.70. The van der Waals surface area contributed by atoms with E-state index in [2.05, 4.69) is 85.9 Å². The number of thiocarbonyl (C=S) groups is 1. The number of nitrogens with zero attached hydrogens (tertiary/aromatic N) is 1. The van der Waals surface area contributed by atoms with Crippen LogP contribution in [-0.4, -0.2) is 30.7 Å². The average Bonchev–Trinajstić information content (AvgIpc) is 2.45. The summed E-state index contributed by atoms with van der Waals surface area (Å²) in [5, 5.41) is 7.37. The molecule has 4 heteroatoms. The van der Waals surface area contributed by atoms with Crippen LogP contribution < -0.4 is 10.6 Å². The van der Waals surface area contributed by atoms with E-state index in [1.807, 2.05) is 6.07 Å². The van der Waals surface area contributed by atoms with Crippen molar-refractivity contribution < 1.29 is 0 Å². The van der Waals surface area contributed by atoms with Crippen LogP contribution in [-0.2, 0) is 0 Å². The lowest BCUT2D eigenvalue weighted by Crippen LogP contribution is -2.37. The summed E-state index contributed by atoms with van der Waals surface area (Å²) in [5.74, 6) is 0. The van der Waals surface area contributed by atoms with Gasteiger partial charge in [0.05, 0.1) is 6.04 Å². The maximum absolute atomic E-state index is 5.51. The van der Waals surface area contributed by atoms with Gasteiger partial charge < -0.3 is 15.5 Å². The van der Waals surface area contributed by atoms with Crippen molar-refractivity contribution in [3.63, 3.8) is 0 Å². The van der Waals surface area contributed by atoms with E-state index in [1.54, 1.807) is 0 Å². The van der Waals surface area contributed by atoms with Gasteiger partial charge in [0, 0.05) is 12.2 Å². The molecule has 122 valence electrons. The van der Waals surface area contributed by atoms with Crippen molar-refractivity contribution in [1.82, 2.24) is 10.2 Å². The van der Waals surface area contributed by atoms with Gasteiger partial charge in [-0.2, -0.15) is 0 Å². The topological polar surface area (TPSA) is 27.3 Å². The van der Waals surface area contributed by atoms with Gasteiger partial charge in [0.1, 0.15) is 0 Å². The van der Waals surface area contributed by atoms with Crippen LogP contribution >= 0.6 is 12.2 Å². The van der Waals surface area contributed by atoms with E-state index in [-0.39, 0.29) is 6.04 Å². The minimum absolute atomic E-state index is 0.150. The van der Waals surface area contributed by atoms with E-state index >= 15 is 0 Å². The zero-order valence-corrected chi connectivity index (χ0v) is 15.1. The molecule has 0 amide bonds. The average molecular weight is 327 g/mol. The van der Waals surface area contributed by atoms with Crippen LogP contribution in [0.3, 0.4) is 0 Å². The summed E-state index contributed by atoms with van der Waals surface area (Å²) in [7, 11) is 4.13. The molecule has 0 saturated carbocycles. The summed E-state index contributed by atoms with van der Waals surface area (Å²) in [6.45, 7) is 5.06. The van der Waals surface area contributed by atoms with Crippen molar-refractivity contribution in [3.8, 4) is 0 Å². The van der Waals surface area contributed by atoms with Gasteiger partial charge in [-0.15, -0.1) is 0 Å². The smallest absolute Gasteiger partial charge is 0.171 e. The Balaban J connectivity index is 2.08. The third-order valence-electron chi connectivity index (χ3n) is 3.53. The first-order valence-corrected chi connectivity index (χ1v) is 8.20. The van der Waals surface area contributed by atoms with Crippen molar-refractivity contribution in [2.75, 3.05) is 26.0 Å². The van der Waals surface area contributed by atoms with Crippen LogP contribution in [0.4, 0.5) is 5.69 Å². The van der Waals surface area contributed by atoms with Crippen LogP contribution in [0.2, 0.25) is 0 Å². The number of rotatable bonds is 5. The van der Waals surface area contributed by atoms with Gasteiger partial charge in [0.25, 0.3) is 0 Å². The van der Waals surface area contributed by atoms with Crippen molar-refractivity contribution in [1.29, 1.82) is 0 Å². The SMILES string of the molecule is Cc1cc(C)cc(NC(=S)N[C@@H](CN(C)C)c2ccccc2)c1. The second-order valence-electron chi connectivity index (χ2n) is 6.20. The van der Waals surface area contributed by atoms with E-state index in [9.17, 15) is 0 Å². The number of nitrogens with one attached hydrogen (secondary N) is 2. The summed E-state index contributed by atoms with van der Waals surface area (Å²) in [6, 6.07) is 16.9. The van der Waals surface area contributed by atoms with Gasteiger partial charge in [0.15, 0.2) is 5.11 Å². The van der Waals surface area contributed by atoms with Gasteiger partial charge in [-0.3, -0.25) is 0 Å². The predicted octanol–water partition coefficient (Wildman–Crippen LogP) is 3.89. The lowest BCUT2D eigenvalue weighted by Gasteiger charge is -2.24. The first-order chi connectivity index (χ1) is 10.9. The number of aryl methyl sites for hydroxylation is 2. The molecule has 0 fully saturated rings. The Labute approximate surface area is 144 Å². The predicted molar refractivity (Wildman–Crippen MR) is 103 cm³/mol. The summed E-state index contributed by atoms with van der Waals surface area (Å²) < 4.78 is 0. The normalized spacial score (nSPS) is 12.0. The first-order valence-electron chi connectivity index (χ1n) is 7.79. The number of benzene rings is 2. The summed E-state index contributed by atoms with van der Waals surface area (Å²) in [4.78, 5) is 2.16. The second-order valence-corrected chi connectivity index (χ2v) is 6.61. The molecule has 0 bridgehead atoms. The first kappa shape index (κ1) is 17.4. The van der Waals surface area contributed by atoms with E-state index in [4.69, 9.17) is 12.2 Å². The van der Waals surface area contributed by atoms with Crippen LogP contribution in [0.1, 0.15) is 22.7 Å². The monoisotopic (exact) mass is 327 g/mol. The van der Waals surface area contributed by atoms with Crippen molar-refractivity contribution in [3.05, 3.63) is 65.2 Å². The molecule has 0 saturated heterocycles. The Bertz CT molecular complexity index is 633. The molecule has 0 aliphatic rings. The van der Waals surface area contributed by atoms with Crippen molar-refractivity contribution in [2.24, 2.45) is 0 Å². The maximum Gasteiger partial charge on any atom is 0.171 e. The molecular weight excluding hydrogens is 302 g/mol. The number of anilines is 1. The molecule has 0 aromatic heterocycles. The quantitative estimate of drug-likeness (QED) is 0.815. The molecule has 0 heterocycles. The molecule has 0 radical (unpaired) electrons.